The number of hydrogen-bond donors (Lipinski definition) is 0. The molecule has 2 aromatic rings. The van der Waals surface area contributed by atoms with Crippen LogP contribution in [0.4, 0.5) is 5.82 Å². The normalized spacial score (nSPS) is 10.6. The summed E-state index contributed by atoms with van der Waals surface area (Å²) in [5.74, 6) is 0.149. The molecule has 0 amide bonds. The summed E-state index contributed by atoms with van der Waals surface area (Å²) >= 11 is 0. The molecule has 6 nitrogen and oxygen atoms in total. The maximum absolute atomic E-state index is 10.4. The van der Waals surface area contributed by atoms with Crippen molar-refractivity contribution >= 4 is 16.9 Å². The van der Waals surface area contributed by atoms with E-state index in [2.05, 4.69) is 20.2 Å². The van der Waals surface area contributed by atoms with Gasteiger partial charge in [-0.2, -0.15) is 0 Å². The molecular formula is C7H7N5O. The van der Waals surface area contributed by atoms with Gasteiger partial charge in [0.05, 0.1) is 11.1 Å². The average Bonchev–Trinajstić information content (AvgIpc) is 2.45. The fraction of sp³-hybridized carbons (Fsp3) is 0.286. The lowest BCUT2D eigenvalue weighted by Gasteiger charge is -1.93. The number of nitroso groups, excluding NO2 is 1. The summed E-state index contributed by atoms with van der Waals surface area (Å²) < 4.78 is 1.51. The standard InChI is InChI=1S/C7H7N5O/c1-4-5-6(11-13)10-12(2)7(5)9-3-8-4/h3H,1-2H3. The van der Waals surface area contributed by atoms with Crippen molar-refractivity contribution in [2.45, 2.75) is 6.92 Å². The third-order valence-corrected chi connectivity index (χ3v) is 1.88. The Balaban J connectivity index is 2.96. The Bertz CT molecular complexity index is 475. The summed E-state index contributed by atoms with van der Waals surface area (Å²) in [6.07, 6.45) is 1.44. The van der Waals surface area contributed by atoms with Crippen molar-refractivity contribution < 1.29 is 0 Å². The smallest absolute Gasteiger partial charge is 0.228 e. The topological polar surface area (TPSA) is 73.0 Å². The van der Waals surface area contributed by atoms with Gasteiger partial charge in [-0.05, 0) is 12.1 Å². The molecule has 0 aliphatic carbocycles. The number of nitrogens with zero attached hydrogens (tertiary/aromatic N) is 5. The van der Waals surface area contributed by atoms with Crippen LogP contribution in [-0.4, -0.2) is 19.7 Å². The van der Waals surface area contributed by atoms with Crippen molar-refractivity contribution in [3.8, 4) is 0 Å². The van der Waals surface area contributed by atoms with Crippen LogP contribution in [0, 0.1) is 11.8 Å². The summed E-state index contributed by atoms with van der Waals surface area (Å²) in [6, 6.07) is 0. The number of aromatic nitrogens is 4. The second kappa shape index (κ2) is 2.58. The fourth-order valence-electron chi connectivity index (χ4n) is 1.27. The van der Waals surface area contributed by atoms with Crippen molar-refractivity contribution in [1.29, 1.82) is 0 Å². The Morgan fingerprint density at radius 2 is 2.23 bits per heavy atom. The molecule has 0 saturated carbocycles. The van der Waals surface area contributed by atoms with Crippen molar-refractivity contribution in [2.24, 2.45) is 12.2 Å². The first-order valence-electron chi connectivity index (χ1n) is 3.71. The van der Waals surface area contributed by atoms with Gasteiger partial charge >= 0.3 is 0 Å². The Labute approximate surface area is 73.6 Å². The average molecular weight is 177 g/mol. The molecular weight excluding hydrogens is 170 g/mol. The minimum atomic E-state index is 0.149. The minimum absolute atomic E-state index is 0.149. The summed E-state index contributed by atoms with van der Waals surface area (Å²) in [4.78, 5) is 18.4. The molecule has 0 bridgehead atoms. The number of aryl methyl sites for hydroxylation is 2. The van der Waals surface area contributed by atoms with Crippen LogP contribution in [0.2, 0.25) is 0 Å². The molecule has 0 fully saturated rings. The number of fused-ring (bicyclic) bond motifs is 1. The van der Waals surface area contributed by atoms with Crippen LogP contribution in [0.25, 0.3) is 11.0 Å². The Morgan fingerprint density at radius 1 is 1.46 bits per heavy atom. The molecule has 6 heteroatoms. The molecule has 0 spiro atoms. The molecule has 0 atom stereocenters. The molecule has 0 aliphatic rings. The van der Waals surface area contributed by atoms with E-state index in [0.717, 1.165) is 0 Å². The molecule has 2 aromatic heterocycles. The summed E-state index contributed by atoms with van der Waals surface area (Å²) in [7, 11) is 1.71. The molecule has 2 heterocycles. The molecule has 0 radical (unpaired) electrons. The largest absolute Gasteiger partial charge is 0.248 e. The van der Waals surface area contributed by atoms with E-state index in [1.165, 1.54) is 11.0 Å². The van der Waals surface area contributed by atoms with E-state index in [-0.39, 0.29) is 5.82 Å². The lowest BCUT2D eigenvalue weighted by atomic mass is 10.3. The molecule has 0 saturated heterocycles. The van der Waals surface area contributed by atoms with Crippen LogP contribution in [-0.2, 0) is 7.05 Å². The minimum Gasteiger partial charge on any atom is -0.248 e. The monoisotopic (exact) mass is 177 g/mol. The van der Waals surface area contributed by atoms with Crippen LogP contribution < -0.4 is 0 Å². The molecule has 0 unspecified atom stereocenters. The lowest BCUT2D eigenvalue weighted by Crippen LogP contribution is -1.92. The van der Waals surface area contributed by atoms with Crippen molar-refractivity contribution in [1.82, 2.24) is 19.7 Å². The zero-order chi connectivity index (χ0) is 9.42. The Hall–Kier alpha value is -1.85. The van der Waals surface area contributed by atoms with E-state index in [9.17, 15) is 4.91 Å². The van der Waals surface area contributed by atoms with Gasteiger partial charge < -0.3 is 0 Å². The van der Waals surface area contributed by atoms with Gasteiger partial charge in [-0.15, -0.1) is 10.0 Å². The zero-order valence-electron chi connectivity index (χ0n) is 7.22. The summed E-state index contributed by atoms with van der Waals surface area (Å²) in [5.41, 5.74) is 1.34. The second-order valence-corrected chi connectivity index (χ2v) is 2.70. The fourth-order valence-corrected chi connectivity index (χ4v) is 1.27. The van der Waals surface area contributed by atoms with Crippen molar-refractivity contribution in [2.75, 3.05) is 0 Å². The molecule has 0 aromatic carbocycles. The van der Waals surface area contributed by atoms with Crippen LogP contribution in [0.3, 0.4) is 0 Å². The first-order valence-corrected chi connectivity index (χ1v) is 3.71. The molecule has 2 rings (SSSR count). The zero-order valence-corrected chi connectivity index (χ0v) is 7.22. The van der Waals surface area contributed by atoms with Gasteiger partial charge in [0.1, 0.15) is 6.33 Å². The van der Waals surface area contributed by atoms with Gasteiger partial charge in [0.25, 0.3) is 0 Å². The molecule has 0 aliphatic heterocycles. The van der Waals surface area contributed by atoms with Crippen LogP contribution in [0.1, 0.15) is 5.69 Å². The van der Waals surface area contributed by atoms with E-state index in [1.807, 2.05) is 0 Å². The predicted octanol–water partition coefficient (Wildman–Crippen LogP) is 1.07. The van der Waals surface area contributed by atoms with Gasteiger partial charge in [0.2, 0.25) is 5.82 Å². The maximum atomic E-state index is 10.4. The van der Waals surface area contributed by atoms with E-state index in [4.69, 9.17) is 0 Å². The highest BCUT2D eigenvalue weighted by atomic mass is 16.3. The van der Waals surface area contributed by atoms with Crippen molar-refractivity contribution in [3.63, 3.8) is 0 Å². The molecule has 13 heavy (non-hydrogen) atoms. The Morgan fingerprint density at radius 3 is 2.92 bits per heavy atom. The number of rotatable bonds is 1. The van der Waals surface area contributed by atoms with Gasteiger partial charge in [-0.3, -0.25) is 0 Å². The molecule has 66 valence electrons. The van der Waals surface area contributed by atoms with Crippen LogP contribution in [0.5, 0.6) is 0 Å². The van der Waals surface area contributed by atoms with E-state index in [0.29, 0.717) is 16.7 Å². The SMILES string of the molecule is Cc1ncnc2c1c(N=O)nn2C. The quantitative estimate of drug-likeness (QED) is 0.610. The maximum Gasteiger partial charge on any atom is 0.228 e. The van der Waals surface area contributed by atoms with E-state index < -0.39 is 0 Å². The van der Waals surface area contributed by atoms with Gasteiger partial charge in [0, 0.05) is 7.05 Å². The Kier molecular flexibility index (Phi) is 1.54. The first kappa shape index (κ1) is 7.78. The third-order valence-electron chi connectivity index (χ3n) is 1.88. The van der Waals surface area contributed by atoms with Gasteiger partial charge in [-0.25, -0.2) is 14.6 Å². The van der Waals surface area contributed by atoms with Crippen molar-refractivity contribution in [3.05, 3.63) is 16.9 Å². The second-order valence-electron chi connectivity index (χ2n) is 2.70. The van der Waals surface area contributed by atoms with E-state index >= 15 is 0 Å². The van der Waals surface area contributed by atoms with Gasteiger partial charge in [0.15, 0.2) is 5.65 Å². The molecule has 0 N–H and O–H groups in total. The van der Waals surface area contributed by atoms with E-state index in [1.54, 1.807) is 14.0 Å². The highest BCUT2D eigenvalue weighted by molar-refractivity contribution is 5.87. The number of hydrogen-bond acceptors (Lipinski definition) is 5. The van der Waals surface area contributed by atoms with Gasteiger partial charge in [-0.1, -0.05) is 0 Å². The summed E-state index contributed by atoms with van der Waals surface area (Å²) in [6.45, 7) is 1.79. The predicted molar refractivity (Wildman–Crippen MR) is 46.5 cm³/mol. The first-order chi connectivity index (χ1) is 6.24. The third kappa shape index (κ3) is 0.986. The van der Waals surface area contributed by atoms with Crippen LogP contribution >= 0.6 is 0 Å². The highest BCUT2D eigenvalue weighted by Gasteiger charge is 2.12. The lowest BCUT2D eigenvalue weighted by molar-refractivity contribution is 0.785. The summed E-state index contributed by atoms with van der Waals surface area (Å²) in [5, 5.41) is 7.35. The highest BCUT2D eigenvalue weighted by Crippen LogP contribution is 2.24. The van der Waals surface area contributed by atoms with Crippen LogP contribution in [0.15, 0.2) is 11.5 Å².